The first-order valence-corrected chi connectivity index (χ1v) is 8.96. The van der Waals surface area contributed by atoms with Crippen molar-refractivity contribution in [2.45, 2.75) is 71.8 Å². The number of rotatable bonds is 8. The lowest BCUT2D eigenvalue weighted by Gasteiger charge is -2.31. The van der Waals surface area contributed by atoms with E-state index >= 15 is 0 Å². The van der Waals surface area contributed by atoms with E-state index in [-0.39, 0.29) is 12.0 Å². The van der Waals surface area contributed by atoms with Crippen molar-refractivity contribution in [1.29, 1.82) is 0 Å². The van der Waals surface area contributed by atoms with Gasteiger partial charge in [-0.3, -0.25) is 4.79 Å². The monoisotopic (exact) mass is 317 g/mol. The van der Waals surface area contributed by atoms with E-state index in [9.17, 15) is 4.79 Å². The van der Waals surface area contributed by atoms with E-state index < -0.39 is 5.41 Å². The molecule has 2 rings (SSSR count). The maximum Gasteiger partial charge on any atom is 0.311 e. The third kappa shape index (κ3) is 3.95. The fourth-order valence-electron chi connectivity index (χ4n) is 3.34. The Morgan fingerprint density at radius 2 is 2.17 bits per heavy atom. The quantitative estimate of drug-likeness (QED) is 0.567. The Labute approximate surface area is 140 Å². The normalized spacial score (nSPS) is 20.1. The fraction of sp³-hybridized carbons (Fsp3) is 0.650. The van der Waals surface area contributed by atoms with Crippen LogP contribution in [-0.4, -0.2) is 12.6 Å². The van der Waals surface area contributed by atoms with Crippen molar-refractivity contribution in [3.8, 4) is 0 Å². The van der Waals surface area contributed by atoms with E-state index in [1.807, 2.05) is 6.92 Å². The standard InChI is InChI=1S/C20H31NO2/c1-5-7-10-23-19(22)20(4,6-2)13-14(3)15-8-9-17-16(11-15)12-18(17)21/h8-9,11,14,18H,5-7,10,12-13,21H2,1-4H3. The average Bonchev–Trinajstić information content (AvgIpc) is 2.53. The molecule has 0 radical (unpaired) electrons. The molecule has 0 aromatic heterocycles. The van der Waals surface area contributed by atoms with Gasteiger partial charge in [0.15, 0.2) is 0 Å². The van der Waals surface area contributed by atoms with Crippen LogP contribution in [-0.2, 0) is 16.0 Å². The maximum atomic E-state index is 12.5. The zero-order valence-electron chi connectivity index (χ0n) is 15.0. The van der Waals surface area contributed by atoms with Crippen LogP contribution in [0.2, 0.25) is 0 Å². The molecule has 1 aromatic rings. The third-order valence-corrected chi connectivity index (χ3v) is 5.34. The summed E-state index contributed by atoms with van der Waals surface area (Å²) in [6, 6.07) is 6.80. The second-order valence-electron chi connectivity index (χ2n) is 7.28. The molecule has 1 aliphatic rings. The lowest BCUT2D eigenvalue weighted by atomic mass is 9.75. The van der Waals surface area contributed by atoms with Gasteiger partial charge in [-0.05, 0) is 55.2 Å². The molecule has 23 heavy (non-hydrogen) atoms. The van der Waals surface area contributed by atoms with Crippen LogP contribution in [0.4, 0.5) is 0 Å². The molecule has 0 spiro atoms. The molecule has 128 valence electrons. The third-order valence-electron chi connectivity index (χ3n) is 5.34. The summed E-state index contributed by atoms with van der Waals surface area (Å²) in [4.78, 5) is 12.5. The van der Waals surface area contributed by atoms with Gasteiger partial charge in [0.25, 0.3) is 0 Å². The lowest BCUT2D eigenvalue weighted by Crippen LogP contribution is -2.31. The Morgan fingerprint density at radius 3 is 2.74 bits per heavy atom. The van der Waals surface area contributed by atoms with Gasteiger partial charge < -0.3 is 10.5 Å². The molecule has 0 amide bonds. The first kappa shape index (κ1) is 18.0. The SMILES string of the molecule is CCCCOC(=O)C(C)(CC)CC(C)c1ccc2c(c1)CC2N. The highest BCUT2D eigenvalue weighted by molar-refractivity contribution is 5.76. The molecule has 0 saturated heterocycles. The summed E-state index contributed by atoms with van der Waals surface area (Å²) in [5, 5.41) is 0. The number of fused-ring (bicyclic) bond motifs is 1. The number of benzene rings is 1. The summed E-state index contributed by atoms with van der Waals surface area (Å²) < 4.78 is 5.49. The number of carbonyl (C=O) groups is 1. The number of unbranched alkanes of at least 4 members (excludes halogenated alkanes) is 1. The lowest BCUT2D eigenvalue weighted by molar-refractivity contribution is -0.156. The maximum absolute atomic E-state index is 12.5. The topological polar surface area (TPSA) is 52.3 Å². The smallest absolute Gasteiger partial charge is 0.311 e. The van der Waals surface area contributed by atoms with E-state index in [1.165, 1.54) is 16.7 Å². The molecule has 1 aliphatic carbocycles. The average molecular weight is 317 g/mol. The zero-order chi connectivity index (χ0) is 17.0. The van der Waals surface area contributed by atoms with Crippen molar-refractivity contribution in [3.05, 3.63) is 34.9 Å². The molecule has 3 unspecified atom stereocenters. The van der Waals surface area contributed by atoms with E-state index in [2.05, 4.69) is 39.0 Å². The van der Waals surface area contributed by atoms with Crippen LogP contribution in [0.5, 0.6) is 0 Å². The van der Waals surface area contributed by atoms with Crippen LogP contribution in [0.3, 0.4) is 0 Å². The summed E-state index contributed by atoms with van der Waals surface area (Å²) in [5.41, 5.74) is 9.51. The molecule has 1 aromatic carbocycles. The van der Waals surface area contributed by atoms with Gasteiger partial charge in [0.05, 0.1) is 12.0 Å². The highest BCUT2D eigenvalue weighted by Crippen LogP contribution is 2.38. The molecule has 0 fully saturated rings. The number of esters is 1. The van der Waals surface area contributed by atoms with Crippen molar-refractivity contribution in [2.75, 3.05) is 6.61 Å². The molecular formula is C20H31NO2. The molecule has 3 atom stereocenters. The van der Waals surface area contributed by atoms with Gasteiger partial charge in [-0.25, -0.2) is 0 Å². The number of carbonyl (C=O) groups excluding carboxylic acids is 1. The minimum atomic E-state index is -0.410. The highest BCUT2D eigenvalue weighted by Gasteiger charge is 2.35. The van der Waals surface area contributed by atoms with Gasteiger partial charge in [-0.15, -0.1) is 0 Å². The van der Waals surface area contributed by atoms with Crippen molar-refractivity contribution in [3.63, 3.8) is 0 Å². The molecule has 3 nitrogen and oxygen atoms in total. The molecule has 2 N–H and O–H groups in total. The number of ether oxygens (including phenoxy) is 1. The second kappa shape index (κ2) is 7.48. The van der Waals surface area contributed by atoms with Crippen molar-refractivity contribution in [1.82, 2.24) is 0 Å². The summed E-state index contributed by atoms with van der Waals surface area (Å²) in [6.45, 7) is 8.95. The van der Waals surface area contributed by atoms with Crippen LogP contribution >= 0.6 is 0 Å². The van der Waals surface area contributed by atoms with Crippen LogP contribution < -0.4 is 5.73 Å². The first-order chi connectivity index (χ1) is 10.9. The number of hydrogen-bond acceptors (Lipinski definition) is 3. The Kier molecular flexibility index (Phi) is 5.85. The predicted molar refractivity (Wildman–Crippen MR) is 94.4 cm³/mol. The summed E-state index contributed by atoms with van der Waals surface area (Å²) in [5.74, 6) is 0.284. The summed E-state index contributed by atoms with van der Waals surface area (Å²) in [7, 11) is 0. The van der Waals surface area contributed by atoms with Gasteiger partial charge in [-0.1, -0.05) is 45.4 Å². The summed E-state index contributed by atoms with van der Waals surface area (Å²) >= 11 is 0. The van der Waals surface area contributed by atoms with Crippen LogP contribution in [0, 0.1) is 5.41 Å². The zero-order valence-corrected chi connectivity index (χ0v) is 15.0. The molecule has 3 heteroatoms. The largest absolute Gasteiger partial charge is 0.465 e. The fourth-order valence-corrected chi connectivity index (χ4v) is 3.34. The Morgan fingerprint density at radius 1 is 1.43 bits per heavy atom. The summed E-state index contributed by atoms with van der Waals surface area (Å²) in [6.07, 6.45) is 4.58. The van der Waals surface area contributed by atoms with Gasteiger partial charge in [0, 0.05) is 6.04 Å². The van der Waals surface area contributed by atoms with Crippen molar-refractivity contribution in [2.24, 2.45) is 11.1 Å². The van der Waals surface area contributed by atoms with Gasteiger partial charge in [0.2, 0.25) is 0 Å². The highest BCUT2D eigenvalue weighted by atomic mass is 16.5. The molecule has 0 bridgehead atoms. The molecule has 0 heterocycles. The van der Waals surface area contributed by atoms with Crippen molar-refractivity contribution >= 4 is 5.97 Å². The number of hydrogen-bond donors (Lipinski definition) is 1. The van der Waals surface area contributed by atoms with Gasteiger partial charge in [0.1, 0.15) is 0 Å². The minimum Gasteiger partial charge on any atom is -0.465 e. The van der Waals surface area contributed by atoms with E-state index in [1.54, 1.807) is 0 Å². The predicted octanol–water partition coefficient (Wildman–Crippen LogP) is 4.50. The van der Waals surface area contributed by atoms with E-state index in [0.717, 1.165) is 32.1 Å². The van der Waals surface area contributed by atoms with Crippen LogP contribution in [0.1, 0.15) is 82.0 Å². The second-order valence-corrected chi connectivity index (χ2v) is 7.28. The molecule has 0 aliphatic heterocycles. The van der Waals surface area contributed by atoms with E-state index in [0.29, 0.717) is 12.5 Å². The Bertz CT molecular complexity index is 555. The van der Waals surface area contributed by atoms with Gasteiger partial charge in [-0.2, -0.15) is 0 Å². The number of nitrogens with two attached hydrogens (primary N) is 1. The Hall–Kier alpha value is -1.35. The van der Waals surface area contributed by atoms with E-state index in [4.69, 9.17) is 10.5 Å². The minimum absolute atomic E-state index is 0.0498. The first-order valence-electron chi connectivity index (χ1n) is 8.96. The van der Waals surface area contributed by atoms with Crippen LogP contribution in [0.25, 0.3) is 0 Å². The Balaban J connectivity index is 2.02. The van der Waals surface area contributed by atoms with Crippen molar-refractivity contribution < 1.29 is 9.53 Å². The molecular weight excluding hydrogens is 286 g/mol. The van der Waals surface area contributed by atoms with Gasteiger partial charge >= 0.3 is 5.97 Å². The van der Waals surface area contributed by atoms with Crippen LogP contribution in [0.15, 0.2) is 18.2 Å². The molecule has 0 saturated carbocycles.